The highest BCUT2D eigenvalue weighted by Crippen LogP contribution is 2.17. The molecule has 2 aromatic rings. The summed E-state index contributed by atoms with van der Waals surface area (Å²) in [5.41, 5.74) is 1.14. The summed E-state index contributed by atoms with van der Waals surface area (Å²) in [4.78, 5) is 20.4. The zero-order valence-corrected chi connectivity index (χ0v) is 17.4. The number of hydrogen-bond acceptors (Lipinski definition) is 3. The maximum Gasteiger partial charge on any atom is 0.224 e. The molecule has 0 radical (unpaired) electrons. The van der Waals surface area contributed by atoms with Crippen LogP contribution in [0.3, 0.4) is 0 Å². The average Bonchev–Trinajstić information content (AvgIpc) is 2.78. The topological polar surface area (TPSA) is 60.0 Å². The molecule has 2 N–H and O–H groups in total. The third-order valence-corrected chi connectivity index (χ3v) is 5.13. The molecule has 1 fully saturated rings. The number of benzene rings is 2. The zero-order valence-electron chi connectivity index (χ0n) is 17.4. The van der Waals surface area contributed by atoms with Gasteiger partial charge in [-0.05, 0) is 42.5 Å². The van der Waals surface area contributed by atoms with E-state index in [0.717, 1.165) is 23.9 Å². The molecule has 3 rings (SSSR count). The highest BCUT2D eigenvalue weighted by molar-refractivity contribution is 5.81. The van der Waals surface area contributed by atoms with Gasteiger partial charge in [0.2, 0.25) is 5.91 Å². The van der Waals surface area contributed by atoms with Gasteiger partial charge >= 0.3 is 0 Å². The van der Waals surface area contributed by atoms with Crippen LogP contribution in [0.15, 0.2) is 47.5 Å². The fraction of sp³-hybridized carbons (Fsp3) is 0.364. The molecule has 0 saturated carbocycles. The van der Waals surface area contributed by atoms with Crippen molar-refractivity contribution in [2.75, 3.05) is 44.7 Å². The number of amides is 1. The molecular formula is C22H26F3N5O. The Bertz CT molecular complexity index is 912. The summed E-state index contributed by atoms with van der Waals surface area (Å²) >= 11 is 0. The van der Waals surface area contributed by atoms with E-state index >= 15 is 0 Å². The van der Waals surface area contributed by atoms with Gasteiger partial charge in [-0.15, -0.1) is 0 Å². The maximum atomic E-state index is 13.7. The lowest BCUT2D eigenvalue weighted by molar-refractivity contribution is -0.131. The lowest BCUT2D eigenvalue weighted by Crippen LogP contribution is -2.49. The van der Waals surface area contributed by atoms with E-state index in [2.05, 4.69) is 20.5 Å². The molecule has 1 amide bonds. The molecule has 0 atom stereocenters. The SMILES string of the molecule is CN=C(NCCC(=O)N1CCN(c2ccc(F)cc2)CC1)NCc1cc(F)ccc1F. The second-order valence-corrected chi connectivity index (χ2v) is 7.18. The lowest BCUT2D eigenvalue weighted by atomic mass is 10.2. The summed E-state index contributed by atoms with van der Waals surface area (Å²) in [5, 5.41) is 5.92. The van der Waals surface area contributed by atoms with E-state index in [0.29, 0.717) is 38.7 Å². The van der Waals surface area contributed by atoms with Crippen molar-refractivity contribution in [2.45, 2.75) is 13.0 Å². The molecule has 1 saturated heterocycles. The fourth-order valence-corrected chi connectivity index (χ4v) is 3.39. The largest absolute Gasteiger partial charge is 0.368 e. The van der Waals surface area contributed by atoms with E-state index in [9.17, 15) is 18.0 Å². The van der Waals surface area contributed by atoms with Crippen LogP contribution < -0.4 is 15.5 Å². The number of rotatable bonds is 6. The van der Waals surface area contributed by atoms with E-state index in [4.69, 9.17) is 0 Å². The molecule has 31 heavy (non-hydrogen) atoms. The van der Waals surface area contributed by atoms with Gasteiger partial charge in [-0.25, -0.2) is 13.2 Å². The van der Waals surface area contributed by atoms with Crippen LogP contribution in [0.4, 0.5) is 18.9 Å². The number of guanidine groups is 1. The van der Waals surface area contributed by atoms with Crippen LogP contribution in [-0.4, -0.2) is 56.5 Å². The molecule has 1 aliphatic rings. The summed E-state index contributed by atoms with van der Waals surface area (Å²) in [6, 6.07) is 9.62. The second kappa shape index (κ2) is 10.7. The minimum Gasteiger partial charge on any atom is -0.368 e. The van der Waals surface area contributed by atoms with Gasteiger partial charge in [0.15, 0.2) is 5.96 Å². The number of nitrogens with zero attached hydrogens (tertiary/aromatic N) is 3. The molecule has 0 aliphatic carbocycles. The molecule has 1 heterocycles. The van der Waals surface area contributed by atoms with Crippen LogP contribution in [0.1, 0.15) is 12.0 Å². The number of anilines is 1. The first-order valence-electron chi connectivity index (χ1n) is 10.1. The number of carbonyl (C=O) groups excluding carboxylic acids is 1. The zero-order chi connectivity index (χ0) is 22.2. The molecule has 0 unspecified atom stereocenters. The highest BCUT2D eigenvalue weighted by Gasteiger charge is 2.21. The van der Waals surface area contributed by atoms with Crippen LogP contribution >= 0.6 is 0 Å². The Morgan fingerprint density at radius 3 is 2.32 bits per heavy atom. The molecule has 0 spiro atoms. The Kier molecular flexibility index (Phi) is 7.75. The van der Waals surface area contributed by atoms with E-state index in [1.54, 1.807) is 24.1 Å². The van der Waals surface area contributed by atoms with Crippen molar-refractivity contribution in [1.82, 2.24) is 15.5 Å². The van der Waals surface area contributed by atoms with Gasteiger partial charge in [0.25, 0.3) is 0 Å². The third-order valence-electron chi connectivity index (χ3n) is 5.13. The number of hydrogen-bond donors (Lipinski definition) is 2. The molecule has 166 valence electrons. The number of carbonyl (C=O) groups is 1. The first kappa shape index (κ1) is 22.5. The van der Waals surface area contributed by atoms with Crippen molar-refractivity contribution < 1.29 is 18.0 Å². The Morgan fingerprint density at radius 2 is 1.65 bits per heavy atom. The molecule has 9 heteroatoms. The van der Waals surface area contributed by atoms with Gasteiger partial charge in [-0.3, -0.25) is 9.79 Å². The first-order valence-corrected chi connectivity index (χ1v) is 10.1. The smallest absolute Gasteiger partial charge is 0.224 e. The summed E-state index contributed by atoms with van der Waals surface area (Å²) in [7, 11) is 1.56. The van der Waals surface area contributed by atoms with Gasteiger partial charge in [0.05, 0.1) is 0 Å². The second-order valence-electron chi connectivity index (χ2n) is 7.18. The average molecular weight is 433 g/mol. The molecule has 6 nitrogen and oxygen atoms in total. The highest BCUT2D eigenvalue weighted by atomic mass is 19.1. The van der Waals surface area contributed by atoms with Crippen molar-refractivity contribution in [1.29, 1.82) is 0 Å². The number of nitrogens with one attached hydrogen (secondary N) is 2. The Labute approximate surface area is 179 Å². The van der Waals surface area contributed by atoms with Crippen LogP contribution in [0.25, 0.3) is 0 Å². The minimum atomic E-state index is -0.508. The summed E-state index contributed by atoms with van der Waals surface area (Å²) in [6.45, 7) is 3.01. The number of piperazine rings is 1. The van der Waals surface area contributed by atoms with Crippen LogP contribution in [-0.2, 0) is 11.3 Å². The van der Waals surface area contributed by atoms with Crippen molar-refractivity contribution in [3.63, 3.8) is 0 Å². The van der Waals surface area contributed by atoms with E-state index < -0.39 is 11.6 Å². The number of halogens is 3. The fourth-order valence-electron chi connectivity index (χ4n) is 3.39. The van der Waals surface area contributed by atoms with Gasteiger partial charge in [0.1, 0.15) is 17.5 Å². The first-order chi connectivity index (χ1) is 15.0. The van der Waals surface area contributed by atoms with Gasteiger partial charge in [0, 0.05) is 64.0 Å². The molecule has 2 aromatic carbocycles. The van der Waals surface area contributed by atoms with E-state index in [1.807, 2.05) is 0 Å². The lowest BCUT2D eigenvalue weighted by Gasteiger charge is -2.36. The van der Waals surface area contributed by atoms with Crippen molar-refractivity contribution in [3.05, 3.63) is 65.5 Å². The van der Waals surface area contributed by atoms with Crippen LogP contribution in [0.2, 0.25) is 0 Å². The molecule has 1 aliphatic heterocycles. The normalized spacial score (nSPS) is 14.5. The van der Waals surface area contributed by atoms with E-state index in [-0.39, 0.29) is 30.3 Å². The van der Waals surface area contributed by atoms with Crippen LogP contribution in [0.5, 0.6) is 0 Å². The molecule has 0 aromatic heterocycles. The van der Waals surface area contributed by atoms with Crippen molar-refractivity contribution >= 4 is 17.6 Å². The van der Waals surface area contributed by atoms with Crippen molar-refractivity contribution in [2.24, 2.45) is 4.99 Å². The predicted molar refractivity (Wildman–Crippen MR) is 114 cm³/mol. The van der Waals surface area contributed by atoms with E-state index in [1.165, 1.54) is 12.1 Å². The van der Waals surface area contributed by atoms with Gasteiger partial charge < -0.3 is 20.4 Å². The predicted octanol–water partition coefficient (Wildman–Crippen LogP) is 2.51. The Balaban J connectivity index is 1.39. The van der Waals surface area contributed by atoms with Gasteiger partial charge in [-0.1, -0.05) is 0 Å². The Morgan fingerprint density at radius 1 is 0.968 bits per heavy atom. The standard InChI is InChI=1S/C22H26F3N5O/c1-26-22(28-15-16-14-18(24)4-7-20(16)25)27-9-8-21(31)30-12-10-29(11-13-30)19-5-2-17(23)3-6-19/h2-7,14H,8-13,15H2,1H3,(H2,26,27,28). The molecular weight excluding hydrogens is 407 g/mol. The summed E-state index contributed by atoms with van der Waals surface area (Å²) in [5.74, 6) is -0.850. The summed E-state index contributed by atoms with van der Waals surface area (Å²) in [6.07, 6.45) is 0.283. The van der Waals surface area contributed by atoms with Crippen molar-refractivity contribution in [3.8, 4) is 0 Å². The Hall–Kier alpha value is -3.23. The van der Waals surface area contributed by atoms with Gasteiger partial charge in [-0.2, -0.15) is 0 Å². The number of aliphatic imine (C=N–C) groups is 1. The maximum absolute atomic E-state index is 13.7. The third kappa shape index (κ3) is 6.37. The minimum absolute atomic E-state index is 0.0258. The van der Waals surface area contributed by atoms with Crippen LogP contribution in [0, 0.1) is 17.5 Å². The quantitative estimate of drug-likeness (QED) is 0.543. The summed E-state index contributed by atoms with van der Waals surface area (Å²) < 4.78 is 40.0. The molecule has 0 bridgehead atoms. The monoisotopic (exact) mass is 433 g/mol.